The zero-order valence-electron chi connectivity index (χ0n) is 33.9. The third-order valence-electron chi connectivity index (χ3n) is 10.3. The zero-order valence-corrected chi connectivity index (χ0v) is 36.3. The molecule has 2 heterocycles. The molecule has 0 saturated heterocycles. The molecule has 2 aromatic heterocycles. The molecule has 0 aliphatic heterocycles. The quantitative estimate of drug-likeness (QED) is 0.0610. The number of benzene rings is 2. The van der Waals surface area contributed by atoms with E-state index in [4.69, 9.17) is 21.3 Å². The molecule has 3 amide bonds. The molecule has 2 aromatic carbocycles. The summed E-state index contributed by atoms with van der Waals surface area (Å²) in [6.45, 7) is 3.16. The Labute approximate surface area is 362 Å². The maximum Gasteiger partial charge on any atom is 0.257 e. The molecule has 0 bridgehead atoms. The molecule has 2 aliphatic carbocycles. The van der Waals surface area contributed by atoms with Crippen LogP contribution in [-0.2, 0) is 4.79 Å². The summed E-state index contributed by atoms with van der Waals surface area (Å²) in [5.41, 5.74) is -0.715. The first-order chi connectivity index (χ1) is 28.8. The average molecular weight is 885 g/mol. The van der Waals surface area contributed by atoms with E-state index in [0.29, 0.717) is 37.2 Å². The van der Waals surface area contributed by atoms with E-state index in [1.165, 1.54) is 0 Å². The lowest BCUT2D eigenvalue weighted by Crippen LogP contribution is -2.48. The van der Waals surface area contributed by atoms with E-state index in [9.17, 15) is 28.3 Å². The molecule has 6 rings (SSSR count). The lowest BCUT2D eigenvalue weighted by atomic mass is 9.88. The van der Waals surface area contributed by atoms with Crippen LogP contribution in [0.5, 0.6) is 23.3 Å². The van der Waals surface area contributed by atoms with Crippen LogP contribution in [0.25, 0.3) is 0 Å². The molecule has 17 heteroatoms. The van der Waals surface area contributed by atoms with Crippen molar-refractivity contribution >= 4 is 53.0 Å². The van der Waals surface area contributed by atoms with Crippen molar-refractivity contribution in [3.05, 3.63) is 95.8 Å². The molecular formula is C43H51ClF2N6O6S2. The topological polar surface area (TPSA) is 164 Å². The lowest BCUT2D eigenvalue weighted by Gasteiger charge is -2.32. The Bertz CT molecular complexity index is 2090. The smallest absolute Gasteiger partial charge is 0.257 e. The fraction of sp³-hybridized carbons (Fsp3) is 0.419. The molecule has 12 nitrogen and oxygen atoms in total. The third kappa shape index (κ3) is 13.5. The van der Waals surface area contributed by atoms with Gasteiger partial charge in [-0.2, -0.15) is 0 Å². The van der Waals surface area contributed by atoms with E-state index in [2.05, 4.69) is 30.8 Å². The van der Waals surface area contributed by atoms with E-state index in [1.54, 1.807) is 49.5 Å². The van der Waals surface area contributed by atoms with E-state index in [1.807, 2.05) is 48.9 Å². The summed E-state index contributed by atoms with van der Waals surface area (Å²) in [7, 11) is 0. The van der Waals surface area contributed by atoms with Crippen LogP contribution in [0.3, 0.4) is 0 Å². The molecule has 4 aromatic rings. The van der Waals surface area contributed by atoms with Crippen LogP contribution in [0.4, 0.5) is 8.78 Å². The Morgan fingerprint density at radius 1 is 0.700 bits per heavy atom. The standard InChI is InChI=1S/C24H30FN3O4S.C19H21ClFN3O2S/c1-24(2,14-29)23(31)28-17-9-7-16(8-10-17)27-21(30)20-11-15(25)13-26-22(20)32-18-5-4-6-19(12-18)33-3;1-27-16-4-2-3-15(10-16)26-19-17(9-12(21)11-22-19)18(25)23-13-5-7-14(24-20)8-6-13/h4-6,11-13,16-17,29H,7-10,14H2,1-3H3,(H,27,30)(H,28,31);2-4,9-11,13-14,24H,5-8H2,1H3,(H,23,25). The van der Waals surface area contributed by atoms with Crippen LogP contribution in [0.15, 0.2) is 82.8 Å². The van der Waals surface area contributed by atoms with E-state index in [-0.39, 0.29) is 65.5 Å². The Hall–Kier alpha value is -4.48. The summed E-state index contributed by atoms with van der Waals surface area (Å²) in [6.07, 6.45) is 12.1. The van der Waals surface area contributed by atoms with Gasteiger partial charge >= 0.3 is 0 Å². The molecule has 2 fully saturated rings. The number of hydrogen-bond acceptors (Lipinski definition) is 11. The number of aliphatic hydroxyl groups excluding tert-OH is 1. The largest absolute Gasteiger partial charge is 0.438 e. The summed E-state index contributed by atoms with van der Waals surface area (Å²) in [6, 6.07) is 17.2. The molecule has 0 spiro atoms. The highest BCUT2D eigenvalue weighted by Gasteiger charge is 2.31. The summed E-state index contributed by atoms with van der Waals surface area (Å²) in [5, 5.41) is 18.2. The second-order valence-corrected chi connectivity index (χ2v) is 17.2. The Kier molecular flexibility index (Phi) is 17.4. The van der Waals surface area contributed by atoms with Crippen LogP contribution < -0.4 is 30.3 Å². The number of amides is 3. The zero-order chi connectivity index (χ0) is 43.2. The van der Waals surface area contributed by atoms with E-state index < -0.39 is 23.0 Å². The van der Waals surface area contributed by atoms with Gasteiger partial charge in [-0.15, -0.1) is 23.5 Å². The number of carbonyl (C=O) groups excluding carboxylic acids is 3. The van der Waals surface area contributed by atoms with Gasteiger partial charge in [-0.05, 0) is 138 Å². The van der Waals surface area contributed by atoms with Crippen LogP contribution >= 0.6 is 35.3 Å². The first-order valence-electron chi connectivity index (χ1n) is 19.6. The molecule has 60 heavy (non-hydrogen) atoms. The van der Waals surface area contributed by atoms with Gasteiger partial charge in [0, 0.05) is 34.0 Å². The Morgan fingerprint density at radius 2 is 1.10 bits per heavy atom. The second-order valence-electron chi connectivity index (χ2n) is 15.2. The number of nitrogens with zero attached hydrogens (tertiary/aromatic N) is 2. The van der Waals surface area contributed by atoms with Crippen molar-refractivity contribution < 1.29 is 37.7 Å². The van der Waals surface area contributed by atoms with Gasteiger partial charge in [0.1, 0.15) is 34.3 Å². The van der Waals surface area contributed by atoms with Crippen molar-refractivity contribution in [3.63, 3.8) is 0 Å². The molecule has 0 atom stereocenters. The van der Waals surface area contributed by atoms with Gasteiger partial charge in [0.15, 0.2) is 0 Å². The number of thioether (sulfide) groups is 2. The van der Waals surface area contributed by atoms with E-state index >= 15 is 0 Å². The molecular weight excluding hydrogens is 834 g/mol. The van der Waals surface area contributed by atoms with Crippen molar-refractivity contribution in [3.8, 4) is 23.3 Å². The van der Waals surface area contributed by atoms with Crippen molar-refractivity contribution in [2.45, 2.75) is 99.2 Å². The molecule has 0 unspecified atom stereocenters. The molecule has 2 aliphatic rings. The SMILES string of the molecule is CSc1cccc(Oc2ncc(F)cc2C(=O)NC2CCC(NC(=O)C(C)(C)CO)CC2)c1.CSc1cccc(Oc2ncc(F)cc2C(=O)NC2CCC(NCl)CC2)c1. The van der Waals surface area contributed by atoms with Gasteiger partial charge in [0.25, 0.3) is 11.8 Å². The van der Waals surface area contributed by atoms with Gasteiger partial charge < -0.3 is 30.5 Å². The van der Waals surface area contributed by atoms with Gasteiger partial charge in [0.05, 0.1) is 24.4 Å². The first-order valence-corrected chi connectivity index (χ1v) is 22.5. The fourth-order valence-electron chi connectivity index (χ4n) is 6.60. The number of halogens is 3. The molecule has 5 N–H and O–H groups in total. The van der Waals surface area contributed by atoms with Gasteiger partial charge in [-0.1, -0.05) is 12.1 Å². The highest BCUT2D eigenvalue weighted by molar-refractivity contribution is 7.98. The molecule has 2 saturated carbocycles. The predicted molar refractivity (Wildman–Crippen MR) is 230 cm³/mol. The first kappa shape index (κ1) is 46.6. The van der Waals surface area contributed by atoms with Crippen molar-refractivity contribution in [1.29, 1.82) is 0 Å². The number of hydrogen-bond donors (Lipinski definition) is 5. The summed E-state index contributed by atoms with van der Waals surface area (Å²) in [5.74, 6) is -1.05. The van der Waals surface area contributed by atoms with Crippen LogP contribution in [0.2, 0.25) is 0 Å². The number of aliphatic hydroxyl groups is 1. The van der Waals surface area contributed by atoms with Gasteiger partial charge in [0.2, 0.25) is 17.7 Å². The number of pyridine rings is 2. The maximum atomic E-state index is 13.9. The number of carbonyl (C=O) groups is 3. The number of rotatable bonds is 14. The number of ether oxygens (including phenoxy) is 2. The molecule has 322 valence electrons. The minimum Gasteiger partial charge on any atom is -0.438 e. The highest BCUT2D eigenvalue weighted by atomic mass is 35.5. The number of nitrogens with one attached hydrogen (secondary N) is 4. The van der Waals surface area contributed by atoms with Gasteiger partial charge in [-0.3, -0.25) is 14.4 Å². The second kappa shape index (κ2) is 22.4. The van der Waals surface area contributed by atoms with E-state index in [0.717, 1.165) is 60.0 Å². The predicted octanol–water partition coefficient (Wildman–Crippen LogP) is 8.43. The fourth-order valence-corrected chi connectivity index (χ4v) is 7.72. The van der Waals surface area contributed by atoms with Crippen LogP contribution in [0.1, 0.15) is 85.9 Å². The highest BCUT2D eigenvalue weighted by Crippen LogP contribution is 2.30. The van der Waals surface area contributed by atoms with Crippen LogP contribution in [0, 0.1) is 17.0 Å². The van der Waals surface area contributed by atoms with Gasteiger partial charge in [-0.25, -0.2) is 23.6 Å². The average Bonchev–Trinajstić information content (AvgIpc) is 3.26. The summed E-state index contributed by atoms with van der Waals surface area (Å²) >= 11 is 8.80. The van der Waals surface area contributed by atoms with Crippen molar-refractivity contribution in [2.24, 2.45) is 5.41 Å². The monoisotopic (exact) mass is 884 g/mol. The van der Waals surface area contributed by atoms with Crippen molar-refractivity contribution in [2.75, 3.05) is 19.1 Å². The van der Waals surface area contributed by atoms with Crippen LogP contribution in [-0.4, -0.2) is 76.1 Å². The lowest BCUT2D eigenvalue weighted by molar-refractivity contribution is -0.132. The summed E-state index contributed by atoms with van der Waals surface area (Å²) in [4.78, 5) is 50.6. The third-order valence-corrected chi connectivity index (χ3v) is 12.0. The summed E-state index contributed by atoms with van der Waals surface area (Å²) < 4.78 is 39.2. The normalized spacial score (nSPS) is 18.9. The van der Waals surface area contributed by atoms with Crippen molar-refractivity contribution in [1.82, 2.24) is 30.8 Å². The molecule has 0 radical (unpaired) electrons. The maximum absolute atomic E-state index is 13.9. The Morgan fingerprint density at radius 3 is 1.48 bits per heavy atom. The minimum absolute atomic E-state index is 0.00470. The number of aromatic nitrogens is 2. The Balaban J connectivity index is 0.000000232. The minimum atomic E-state index is -0.832.